The number of aryl methyl sites for hydroxylation is 1. The van der Waals surface area contributed by atoms with Crippen molar-refractivity contribution in [2.75, 3.05) is 13.1 Å². The van der Waals surface area contributed by atoms with Gasteiger partial charge in [-0.2, -0.15) is 5.10 Å². The van der Waals surface area contributed by atoms with Gasteiger partial charge in [-0.1, -0.05) is 22.0 Å². The van der Waals surface area contributed by atoms with E-state index in [2.05, 4.69) is 32.0 Å². The lowest BCUT2D eigenvalue weighted by Crippen LogP contribution is -2.33. The third-order valence-electron chi connectivity index (χ3n) is 4.56. The Morgan fingerprint density at radius 1 is 1.35 bits per heavy atom. The summed E-state index contributed by atoms with van der Waals surface area (Å²) in [6.07, 6.45) is 4.12. The molecule has 5 nitrogen and oxygen atoms in total. The molecule has 0 unspecified atom stereocenters. The van der Waals surface area contributed by atoms with Gasteiger partial charge >= 0.3 is 5.97 Å². The molecule has 1 aromatic heterocycles. The maximum atomic E-state index is 11.0. The number of hydrogen-bond donors (Lipinski definition) is 1. The standard InChI is InChI=1S/C17H20BrN3O2/c1-20-16(4-7-19-20)12-5-8-21(9-6-12)11-14-3-2-13(17(22)23)10-15(14)18/h2-4,7,10,12H,5-6,8-9,11H2,1H3,(H,22,23). The molecule has 0 atom stereocenters. The molecule has 2 heterocycles. The van der Waals surface area contributed by atoms with Crippen molar-refractivity contribution in [3.8, 4) is 0 Å². The molecule has 1 aliphatic heterocycles. The average molecular weight is 378 g/mol. The van der Waals surface area contributed by atoms with E-state index < -0.39 is 5.97 Å². The molecule has 122 valence electrons. The van der Waals surface area contributed by atoms with E-state index in [0.717, 1.165) is 42.5 Å². The molecule has 1 saturated heterocycles. The smallest absolute Gasteiger partial charge is 0.335 e. The van der Waals surface area contributed by atoms with Crippen molar-refractivity contribution in [1.82, 2.24) is 14.7 Å². The van der Waals surface area contributed by atoms with Crippen LogP contribution in [-0.2, 0) is 13.6 Å². The number of halogens is 1. The molecule has 6 heteroatoms. The van der Waals surface area contributed by atoms with Crippen molar-refractivity contribution in [3.05, 3.63) is 51.8 Å². The fourth-order valence-corrected chi connectivity index (χ4v) is 3.73. The van der Waals surface area contributed by atoms with Crippen molar-refractivity contribution in [3.63, 3.8) is 0 Å². The van der Waals surface area contributed by atoms with Gasteiger partial charge in [0.2, 0.25) is 0 Å². The van der Waals surface area contributed by atoms with Crippen LogP contribution in [-0.4, -0.2) is 38.8 Å². The number of carbonyl (C=O) groups is 1. The van der Waals surface area contributed by atoms with Crippen LogP contribution in [0.25, 0.3) is 0 Å². The fraction of sp³-hybridized carbons (Fsp3) is 0.412. The largest absolute Gasteiger partial charge is 0.478 e. The fourth-order valence-electron chi connectivity index (χ4n) is 3.22. The molecule has 0 radical (unpaired) electrons. The van der Waals surface area contributed by atoms with E-state index in [4.69, 9.17) is 5.11 Å². The molecule has 1 aliphatic rings. The number of benzene rings is 1. The Hall–Kier alpha value is -1.66. The molecule has 1 N–H and O–H groups in total. The van der Waals surface area contributed by atoms with Crippen LogP contribution in [0.2, 0.25) is 0 Å². The molecule has 0 bridgehead atoms. The number of carboxylic acid groups (broad SMARTS) is 1. The van der Waals surface area contributed by atoms with Crippen molar-refractivity contribution in [2.45, 2.75) is 25.3 Å². The minimum absolute atomic E-state index is 0.315. The van der Waals surface area contributed by atoms with Gasteiger partial charge in [0.1, 0.15) is 0 Å². The minimum atomic E-state index is -0.894. The van der Waals surface area contributed by atoms with E-state index >= 15 is 0 Å². The van der Waals surface area contributed by atoms with E-state index in [9.17, 15) is 4.79 Å². The lowest BCUT2D eigenvalue weighted by Gasteiger charge is -2.32. The van der Waals surface area contributed by atoms with Gasteiger partial charge in [0.15, 0.2) is 0 Å². The van der Waals surface area contributed by atoms with Crippen molar-refractivity contribution in [2.24, 2.45) is 7.05 Å². The third kappa shape index (κ3) is 3.64. The lowest BCUT2D eigenvalue weighted by atomic mass is 9.93. The van der Waals surface area contributed by atoms with E-state index in [-0.39, 0.29) is 0 Å². The summed E-state index contributed by atoms with van der Waals surface area (Å²) in [5.74, 6) is -0.314. The maximum Gasteiger partial charge on any atom is 0.335 e. The summed E-state index contributed by atoms with van der Waals surface area (Å²) in [4.78, 5) is 13.4. The second-order valence-corrected chi connectivity index (χ2v) is 6.90. The maximum absolute atomic E-state index is 11.0. The Morgan fingerprint density at radius 2 is 2.09 bits per heavy atom. The highest BCUT2D eigenvalue weighted by Crippen LogP contribution is 2.29. The number of aromatic nitrogens is 2. The minimum Gasteiger partial charge on any atom is -0.478 e. The highest BCUT2D eigenvalue weighted by atomic mass is 79.9. The monoisotopic (exact) mass is 377 g/mol. The molecular weight excluding hydrogens is 358 g/mol. The number of likely N-dealkylation sites (tertiary alicyclic amines) is 1. The van der Waals surface area contributed by atoms with Gasteiger partial charge in [-0.25, -0.2) is 4.79 Å². The Kier molecular flexibility index (Phi) is 4.82. The zero-order valence-electron chi connectivity index (χ0n) is 13.1. The second kappa shape index (κ2) is 6.84. The van der Waals surface area contributed by atoms with Gasteiger partial charge < -0.3 is 5.11 Å². The number of hydrogen-bond acceptors (Lipinski definition) is 3. The van der Waals surface area contributed by atoms with E-state index in [1.807, 2.05) is 24.0 Å². The zero-order chi connectivity index (χ0) is 16.4. The van der Waals surface area contributed by atoms with E-state index in [0.29, 0.717) is 11.5 Å². The molecule has 1 fully saturated rings. The second-order valence-electron chi connectivity index (χ2n) is 6.04. The third-order valence-corrected chi connectivity index (χ3v) is 5.30. The molecule has 2 aromatic rings. The summed E-state index contributed by atoms with van der Waals surface area (Å²) in [6, 6.07) is 7.37. The summed E-state index contributed by atoms with van der Waals surface area (Å²) in [7, 11) is 2.00. The number of piperidine rings is 1. The van der Waals surface area contributed by atoms with Crippen LogP contribution in [0.15, 0.2) is 34.9 Å². The first-order valence-corrected chi connectivity index (χ1v) is 8.56. The number of carboxylic acids is 1. The van der Waals surface area contributed by atoms with E-state index in [1.165, 1.54) is 5.69 Å². The molecule has 0 spiro atoms. The van der Waals surface area contributed by atoms with Gasteiger partial charge in [-0.3, -0.25) is 9.58 Å². The Morgan fingerprint density at radius 3 is 2.65 bits per heavy atom. The molecule has 3 rings (SSSR count). The zero-order valence-corrected chi connectivity index (χ0v) is 14.7. The number of rotatable bonds is 4. The van der Waals surface area contributed by atoms with Crippen LogP contribution in [0.3, 0.4) is 0 Å². The summed E-state index contributed by atoms with van der Waals surface area (Å²) in [5, 5.41) is 13.3. The summed E-state index contributed by atoms with van der Waals surface area (Å²) >= 11 is 3.49. The summed E-state index contributed by atoms with van der Waals surface area (Å²) in [5.41, 5.74) is 2.76. The topological polar surface area (TPSA) is 58.4 Å². The average Bonchev–Trinajstić information content (AvgIpc) is 2.96. The van der Waals surface area contributed by atoms with Crippen LogP contribution in [0, 0.1) is 0 Å². The van der Waals surface area contributed by atoms with Crippen LogP contribution in [0.5, 0.6) is 0 Å². The van der Waals surface area contributed by atoms with Crippen molar-refractivity contribution in [1.29, 1.82) is 0 Å². The SMILES string of the molecule is Cn1nccc1C1CCN(Cc2ccc(C(=O)O)cc2Br)CC1. The van der Waals surface area contributed by atoms with Crippen LogP contribution in [0.1, 0.15) is 40.4 Å². The first-order valence-electron chi connectivity index (χ1n) is 7.76. The quantitative estimate of drug-likeness (QED) is 0.888. The number of nitrogens with zero attached hydrogens (tertiary/aromatic N) is 3. The Labute approximate surface area is 144 Å². The molecular formula is C17H20BrN3O2. The predicted octanol–water partition coefficient (Wildman–Crippen LogP) is 3.26. The van der Waals surface area contributed by atoms with Gasteiger partial charge in [0.25, 0.3) is 0 Å². The van der Waals surface area contributed by atoms with Crippen LogP contribution < -0.4 is 0 Å². The van der Waals surface area contributed by atoms with Crippen molar-refractivity contribution < 1.29 is 9.90 Å². The van der Waals surface area contributed by atoms with Crippen LogP contribution >= 0.6 is 15.9 Å². The summed E-state index contributed by atoms with van der Waals surface area (Å²) in [6.45, 7) is 2.94. The normalized spacial score (nSPS) is 16.6. The molecule has 23 heavy (non-hydrogen) atoms. The first-order chi connectivity index (χ1) is 11.0. The van der Waals surface area contributed by atoms with Crippen molar-refractivity contribution >= 4 is 21.9 Å². The Balaban J connectivity index is 1.61. The Bertz CT molecular complexity index is 706. The molecule has 0 saturated carbocycles. The molecule has 0 amide bonds. The van der Waals surface area contributed by atoms with Gasteiger partial charge in [0.05, 0.1) is 5.56 Å². The predicted molar refractivity (Wildman–Crippen MR) is 91.6 cm³/mol. The molecule has 0 aliphatic carbocycles. The first kappa shape index (κ1) is 16.2. The molecule has 1 aromatic carbocycles. The lowest BCUT2D eigenvalue weighted by molar-refractivity contribution is 0.0696. The van der Waals surface area contributed by atoms with Crippen LogP contribution in [0.4, 0.5) is 0 Å². The van der Waals surface area contributed by atoms with Gasteiger partial charge in [0, 0.05) is 35.9 Å². The highest BCUT2D eigenvalue weighted by Gasteiger charge is 2.23. The van der Waals surface area contributed by atoms with Gasteiger partial charge in [-0.15, -0.1) is 0 Å². The number of aromatic carboxylic acids is 1. The summed E-state index contributed by atoms with van der Waals surface area (Å²) < 4.78 is 2.84. The van der Waals surface area contributed by atoms with Gasteiger partial charge in [-0.05, 0) is 49.7 Å². The van der Waals surface area contributed by atoms with E-state index in [1.54, 1.807) is 12.1 Å². The highest BCUT2D eigenvalue weighted by molar-refractivity contribution is 9.10.